The first-order valence-electron chi connectivity index (χ1n) is 7.59. The first kappa shape index (κ1) is 14.8. The van der Waals surface area contributed by atoms with Gasteiger partial charge in [-0.1, -0.05) is 13.8 Å². The lowest BCUT2D eigenvalue weighted by molar-refractivity contribution is 0.00855. The van der Waals surface area contributed by atoms with Crippen molar-refractivity contribution in [2.75, 3.05) is 25.1 Å². The molecule has 0 saturated carbocycles. The predicted molar refractivity (Wildman–Crippen MR) is 82.8 cm³/mol. The molecule has 0 unspecified atom stereocenters. The van der Waals surface area contributed by atoms with Crippen molar-refractivity contribution >= 4 is 17.5 Å². The molecule has 0 bridgehead atoms. The van der Waals surface area contributed by atoms with Crippen LogP contribution in [0.15, 0.2) is 24.5 Å². The van der Waals surface area contributed by atoms with Gasteiger partial charge in [-0.15, -0.1) is 0 Å². The van der Waals surface area contributed by atoms with Crippen LogP contribution >= 0.6 is 0 Å². The first-order chi connectivity index (χ1) is 10.6. The van der Waals surface area contributed by atoms with Crippen molar-refractivity contribution in [3.05, 3.63) is 24.5 Å². The van der Waals surface area contributed by atoms with Gasteiger partial charge in [-0.25, -0.2) is 9.78 Å². The van der Waals surface area contributed by atoms with Crippen LogP contribution in [0.3, 0.4) is 0 Å². The van der Waals surface area contributed by atoms with Crippen molar-refractivity contribution in [2.45, 2.75) is 26.3 Å². The summed E-state index contributed by atoms with van der Waals surface area (Å²) < 4.78 is 7.14. The third-order valence-corrected chi connectivity index (χ3v) is 3.76. The van der Waals surface area contributed by atoms with E-state index >= 15 is 0 Å². The molecule has 2 amide bonds. The Morgan fingerprint density at radius 1 is 1.45 bits per heavy atom. The lowest BCUT2D eigenvalue weighted by Gasteiger charge is -2.36. The maximum atomic E-state index is 12.6. The number of amides is 2. The van der Waals surface area contributed by atoms with Crippen LogP contribution in [0, 0.1) is 5.92 Å². The highest BCUT2D eigenvalue weighted by Gasteiger charge is 2.28. The third-order valence-electron chi connectivity index (χ3n) is 3.76. The summed E-state index contributed by atoms with van der Waals surface area (Å²) in [6.45, 7) is 6.09. The summed E-state index contributed by atoms with van der Waals surface area (Å²) >= 11 is 0. The molecule has 2 aromatic heterocycles. The Morgan fingerprint density at radius 3 is 3.14 bits per heavy atom. The second kappa shape index (κ2) is 6.31. The van der Waals surface area contributed by atoms with Crippen LogP contribution in [-0.2, 0) is 4.74 Å². The quantitative estimate of drug-likeness (QED) is 0.941. The van der Waals surface area contributed by atoms with E-state index in [1.54, 1.807) is 29.0 Å². The van der Waals surface area contributed by atoms with Crippen LogP contribution in [0.4, 0.5) is 10.6 Å². The van der Waals surface area contributed by atoms with Gasteiger partial charge in [0.25, 0.3) is 0 Å². The lowest BCUT2D eigenvalue weighted by Crippen LogP contribution is -2.51. The molecule has 0 aliphatic carbocycles. The maximum absolute atomic E-state index is 12.6. The number of nitrogens with one attached hydrogen (secondary N) is 1. The van der Waals surface area contributed by atoms with Gasteiger partial charge in [0.1, 0.15) is 5.82 Å². The Kier molecular flexibility index (Phi) is 4.24. The molecule has 1 N–H and O–H groups in total. The van der Waals surface area contributed by atoms with Crippen LogP contribution in [-0.4, -0.2) is 51.3 Å². The average molecular weight is 303 g/mol. The van der Waals surface area contributed by atoms with Gasteiger partial charge in [0.2, 0.25) is 0 Å². The van der Waals surface area contributed by atoms with Gasteiger partial charge >= 0.3 is 6.03 Å². The number of hydrogen-bond donors (Lipinski definition) is 1. The summed E-state index contributed by atoms with van der Waals surface area (Å²) in [5.74, 6) is 1.13. The molecule has 7 nitrogen and oxygen atoms in total. The molecule has 7 heteroatoms. The van der Waals surface area contributed by atoms with E-state index in [-0.39, 0.29) is 12.1 Å². The number of carbonyl (C=O) groups excluding carboxylic acids is 1. The third kappa shape index (κ3) is 3.04. The normalized spacial score (nSPS) is 18.9. The second-order valence-corrected chi connectivity index (χ2v) is 5.91. The lowest BCUT2D eigenvalue weighted by atomic mass is 10.0. The average Bonchev–Trinajstić information content (AvgIpc) is 2.96. The summed E-state index contributed by atoms with van der Waals surface area (Å²) in [6, 6.07) is 3.54. The van der Waals surface area contributed by atoms with E-state index in [1.165, 1.54) is 0 Å². The summed E-state index contributed by atoms with van der Waals surface area (Å²) in [6.07, 6.45) is 4.26. The highest BCUT2D eigenvalue weighted by Crippen LogP contribution is 2.17. The highest BCUT2D eigenvalue weighted by atomic mass is 16.5. The van der Waals surface area contributed by atoms with Gasteiger partial charge in [-0.3, -0.25) is 5.32 Å². The fourth-order valence-corrected chi connectivity index (χ4v) is 2.77. The minimum atomic E-state index is -0.114. The molecule has 118 valence electrons. The zero-order valence-corrected chi connectivity index (χ0v) is 12.9. The number of morpholine rings is 1. The zero-order valence-electron chi connectivity index (χ0n) is 12.9. The summed E-state index contributed by atoms with van der Waals surface area (Å²) in [7, 11) is 0. The van der Waals surface area contributed by atoms with Gasteiger partial charge in [0.15, 0.2) is 5.65 Å². The van der Waals surface area contributed by atoms with E-state index < -0.39 is 0 Å². The standard InChI is InChI=1S/C15H21N5O2/c1-11(2)9-12-10-22-8-7-19(12)15(21)18-14-3-5-16-13-4-6-17-20(13)14/h3-6,11-12H,7-10H2,1-2H3,(H,18,21)/t12-/m0/s1. The van der Waals surface area contributed by atoms with Crippen molar-refractivity contribution < 1.29 is 9.53 Å². The molecule has 0 spiro atoms. The molecular weight excluding hydrogens is 282 g/mol. The van der Waals surface area contributed by atoms with Crippen molar-refractivity contribution in [1.29, 1.82) is 0 Å². The van der Waals surface area contributed by atoms with Crippen molar-refractivity contribution in [3.8, 4) is 0 Å². The molecule has 0 radical (unpaired) electrons. The molecule has 1 aliphatic heterocycles. The number of ether oxygens (including phenoxy) is 1. The van der Waals surface area contributed by atoms with Gasteiger partial charge in [0.05, 0.1) is 25.5 Å². The summed E-state index contributed by atoms with van der Waals surface area (Å²) in [5.41, 5.74) is 0.707. The van der Waals surface area contributed by atoms with Crippen molar-refractivity contribution in [1.82, 2.24) is 19.5 Å². The smallest absolute Gasteiger partial charge is 0.323 e. The Bertz CT molecular complexity index is 654. The Morgan fingerprint density at radius 2 is 2.32 bits per heavy atom. The van der Waals surface area contributed by atoms with Gasteiger partial charge in [-0.05, 0) is 18.4 Å². The predicted octanol–water partition coefficient (Wildman–Crippen LogP) is 2.01. The highest BCUT2D eigenvalue weighted by molar-refractivity contribution is 5.89. The van der Waals surface area contributed by atoms with Crippen LogP contribution in [0.25, 0.3) is 5.65 Å². The minimum absolute atomic E-state index is 0.114. The molecule has 22 heavy (non-hydrogen) atoms. The molecule has 0 aromatic carbocycles. The molecule has 1 atom stereocenters. The van der Waals surface area contributed by atoms with Crippen LogP contribution in [0.2, 0.25) is 0 Å². The monoisotopic (exact) mass is 303 g/mol. The van der Waals surface area contributed by atoms with E-state index in [4.69, 9.17) is 4.74 Å². The topological polar surface area (TPSA) is 71.8 Å². The fourth-order valence-electron chi connectivity index (χ4n) is 2.77. The van der Waals surface area contributed by atoms with Gasteiger partial charge in [0, 0.05) is 18.8 Å². The summed E-state index contributed by atoms with van der Waals surface area (Å²) in [4.78, 5) is 18.7. The molecular formula is C15H21N5O2. The number of nitrogens with zero attached hydrogens (tertiary/aromatic N) is 4. The Balaban J connectivity index is 1.76. The molecule has 3 rings (SSSR count). The van der Waals surface area contributed by atoms with E-state index in [9.17, 15) is 4.79 Å². The minimum Gasteiger partial charge on any atom is -0.377 e. The first-order valence-corrected chi connectivity index (χ1v) is 7.59. The van der Waals surface area contributed by atoms with E-state index in [0.29, 0.717) is 37.1 Å². The molecule has 1 aliphatic rings. The van der Waals surface area contributed by atoms with Crippen LogP contribution in [0.1, 0.15) is 20.3 Å². The van der Waals surface area contributed by atoms with Crippen LogP contribution < -0.4 is 5.32 Å². The molecule has 1 fully saturated rings. The second-order valence-electron chi connectivity index (χ2n) is 5.91. The molecule has 1 saturated heterocycles. The molecule has 2 aromatic rings. The van der Waals surface area contributed by atoms with E-state index in [2.05, 4.69) is 29.2 Å². The number of anilines is 1. The van der Waals surface area contributed by atoms with E-state index in [1.807, 2.05) is 4.90 Å². The number of fused-ring (bicyclic) bond motifs is 1. The maximum Gasteiger partial charge on any atom is 0.323 e. The number of carbonyl (C=O) groups is 1. The van der Waals surface area contributed by atoms with Gasteiger partial charge in [-0.2, -0.15) is 9.61 Å². The molecule has 3 heterocycles. The van der Waals surface area contributed by atoms with Crippen LogP contribution in [0.5, 0.6) is 0 Å². The van der Waals surface area contributed by atoms with Gasteiger partial charge < -0.3 is 9.64 Å². The van der Waals surface area contributed by atoms with E-state index in [0.717, 1.165) is 6.42 Å². The number of rotatable bonds is 3. The number of hydrogen-bond acceptors (Lipinski definition) is 4. The Hall–Kier alpha value is -2.15. The largest absolute Gasteiger partial charge is 0.377 e. The number of aromatic nitrogens is 3. The van der Waals surface area contributed by atoms with Crippen molar-refractivity contribution in [2.24, 2.45) is 5.92 Å². The SMILES string of the molecule is CC(C)C[C@H]1COCCN1C(=O)Nc1ccnc2ccnn12. The summed E-state index contributed by atoms with van der Waals surface area (Å²) in [5, 5.41) is 7.12. The fraction of sp³-hybridized carbons (Fsp3) is 0.533. The zero-order chi connectivity index (χ0) is 15.5. The number of urea groups is 1. The Labute approximate surface area is 129 Å². The van der Waals surface area contributed by atoms with Crippen molar-refractivity contribution in [3.63, 3.8) is 0 Å².